The minimum atomic E-state index is -0.715. The highest BCUT2D eigenvalue weighted by Gasteiger charge is 2.40. The largest absolute Gasteiger partial charge is 0.350 e. The monoisotopic (exact) mass is 283 g/mol. The minimum absolute atomic E-state index is 0.0234. The van der Waals surface area contributed by atoms with Gasteiger partial charge in [-0.15, -0.1) is 0 Å². The van der Waals surface area contributed by atoms with Crippen molar-refractivity contribution in [1.82, 2.24) is 0 Å². The lowest BCUT2D eigenvalue weighted by Crippen LogP contribution is -2.49. The number of hydrogen-bond acceptors (Lipinski definition) is 5. The highest BCUT2D eigenvalue weighted by atomic mass is 16.7. The average molecular weight is 283 g/mol. The standard InChI is InChI=1S/C15H25NO4/c1-10-9-17-14(2,3)20-13(10)7-11-6-12(8-16)19-15(4,5)18-11/h10-13H,6-7,9H2,1-5H3/t10-,11+,12?,13+/m1/s1. The number of rotatable bonds is 2. The first-order valence-corrected chi connectivity index (χ1v) is 7.28. The van der Waals surface area contributed by atoms with Crippen molar-refractivity contribution >= 4 is 0 Å². The lowest BCUT2D eigenvalue weighted by Gasteiger charge is -2.44. The number of nitriles is 1. The van der Waals surface area contributed by atoms with Crippen molar-refractivity contribution in [3.63, 3.8) is 0 Å². The minimum Gasteiger partial charge on any atom is -0.350 e. The summed E-state index contributed by atoms with van der Waals surface area (Å²) in [6.07, 6.45) is 1.00. The van der Waals surface area contributed by atoms with Crippen LogP contribution in [0.15, 0.2) is 0 Å². The van der Waals surface area contributed by atoms with Gasteiger partial charge in [0.05, 0.1) is 24.9 Å². The summed E-state index contributed by atoms with van der Waals surface area (Å²) in [5, 5.41) is 9.10. The molecule has 0 radical (unpaired) electrons. The molecular formula is C15H25NO4. The van der Waals surface area contributed by atoms with Gasteiger partial charge in [-0.2, -0.15) is 5.26 Å². The molecule has 0 spiro atoms. The van der Waals surface area contributed by atoms with E-state index in [1.807, 2.05) is 27.7 Å². The zero-order valence-electron chi connectivity index (χ0n) is 13.0. The fourth-order valence-electron chi connectivity index (χ4n) is 2.82. The van der Waals surface area contributed by atoms with Gasteiger partial charge < -0.3 is 18.9 Å². The Balaban J connectivity index is 1.99. The Morgan fingerprint density at radius 3 is 2.45 bits per heavy atom. The van der Waals surface area contributed by atoms with Gasteiger partial charge in [0.25, 0.3) is 0 Å². The van der Waals surface area contributed by atoms with Gasteiger partial charge in [0, 0.05) is 18.8 Å². The third kappa shape index (κ3) is 3.92. The van der Waals surface area contributed by atoms with Crippen molar-refractivity contribution in [2.45, 2.75) is 77.3 Å². The molecule has 5 nitrogen and oxygen atoms in total. The first-order chi connectivity index (χ1) is 9.21. The van der Waals surface area contributed by atoms with Gasteiger partial charge in [0.2, 0.25) is 0 Å². The average Bonchev–Trinajstić information content (AvgIpc) is 2.31. The molecule has 0 aliphatic carbocycles. The third-order valence-electron chi connectivity index (χ3n) is 3.76. The zero-order chi connectivity index (χ0) is 15.0. The van der Waals surface area contributed by atoms with Gasteiger partial charge in [-0.05, 0) is 27.7 Å². The first kappa shape index (κ1) is 15.7. The summed E-state index contributed by atoms with van der Waals surface area (Å²) in [5.74, 6) is -0.946. The predicted molar refractivity (Wildman–Crippen MR) is 72.7 cm³/mol. The summed E-state index contributed by atoms with van der Waals surface area (Å²) < 4.78 is 23.1. The van der Waals surface area contributed by atoms with E-state index in [2.05, 4.69) is 13.0 Å². The molecule has 0 N–H and O–H groups in total. The smallest absolute Gasteiger partial charge is 0.164 e. The number of nitrogens with zero attached hydrogens (tertiary/aromatic N) is 1. The predicted octanol–water partition coefficient (Wildman–Crippen LogP) is 2.60. The Morgan fingerprint density at radius 2 is 1.80 bits per heavy atom. The summed E-state index contributed by atoms with van der Waals surface area (Å²) in [4.78, 5) is 0. The molecule has 2 fully saturated rings. The molecule has 0 aromatic rings. The maximum atomic E-state index is 9.10. The van der Waals surface area contributed by atoms with E-state index in [-0.39, 0.29) is 12.2 Å². The lowest BCUT2D eigenvalue weighted by molar-refractivity contribution is -0.317. The molecular weight excluding hydrogens is 258 g/mol. The van der Waals surface area contributed by atoms with Crippen LogP contribution in [-0.2, 0) is 18.9 Å². The molecule has 1 unspecified atom stereocenters. The topological polar surface area (TPSA) is 60.7 Å². The van der Waals surface area contributed by atoms with Crippen LogP contribution in [0.2, 0.25) is 0 Å². The molecule has 5 heteroatoms. The third-order valence-corrected chi connectivity index (χ3v) is 3.76. The van der Waals surface area contributed by atoms with Gasteiger partial charge in [0.1, 0.15) is 6.10 Å². The van der Waals surface area contributed by atoms with Crippen LogP contribution < -0.4 is 0 Å². The molecule has 2 aliphatic rings. The Hall–Kier alpha value is -0.670. The van der Waals surface area contributed by atoms with Crippen LogP contribution in [0, 0.1) is 17.2 Å². The molecule has 2 saturated heterocycles. The van der Waals surface area contributed by atoms with Crippen molar-refractivity contribution in [2.75, 3.05) is 6.61 Å². The van der Waals surface area contributed by atoms with Crippen LogP contribution >= 0.6 is 0 Å². The van der Waals surface area contributed by atoms with Crippen LogP contribution in [-0.4, -0.2) is 36.5 Å². The molecule has 20 heavy (non-hydrogen) atoms. The number of hydrogen-bond donors (Lipinski definition) is 0. The van der Waals surface area contributed by atoms with Crippen molar-refractivity contribution < 1.29 is 18.9 Å². The maximum Gasteiger partial charge on any atom is 0.164 e. The van der Waals surface area contributed by atoms with E-state index in [1.165, 1.54) is 0 Å². The molecule has 2 heterocycles. The molecule has 0 amide bonds. The van der Waals surface area contributed by atoms with Gasteiger partial charge in [-0.3, -0.25) is 0 Å². The normalized spacial score (nSPS) is 40.0. The van der Waals surface area contributed by atoms with E-state index in [0.717, 1.165) is 6.42 Å². The van der Waals surface area contributed by atoms with E-state index in [0.29, 0.717) is 18.9 Å². The maximum absolute atomic E-state index is 9.10. The van der Waals surface area contributed by atoms with Gasteiger partial charge in [-0.25, -0.2) is 0 Å². The van der Waals surface area contributed by atoms with Crippen LogP contribution in [0.5, 0.6) is 0 Å². The second-order valence-electron chi connectivity index (χ2n) is 6.69. The Morgan fingerprint density at radius 1 is 1.10 bits per heavy atom. The fraction of sp³-hybridized carbons (Fsp3) is 0.933. The van der Waals surface area contributed by atoms with E-state index in [9.17, 15) is 0 Å². The van der Waals surface area contributed by atoms with Crippen LogP contribution in [0.1, 0.15) is 47.5 Å². The van der Waals surface area contributed by atoms with E-state index < -0.39 is 17.7 Å². The van der Waals surface area contributed by atoms with E-state index in [1.54, 1.807) is 0 Å². The first-order valence-electron chi connectivity index (χ1n) is 7.28. The Kier molecular flexibility index (Phi) is 4.41. The zero-order valence-corrected chi connectivity index (χ0v) is 13.0. The summed E-state index contributed by atoms with van der Waals surface area (Å²) in [7, 11) is 0. The molecule has 4 atom stereocenters. The Labute approximate surface area is 121 Å². The van der Waals surface area contributed by atoms with Crippen molar-refractivity contribution in [1.29, 1.82) is 5.26 Å². The van der Waals surface area contributed by atoms with Crippen LogP contribution in [0.4, 0.5) is 0 Å². The van der Waals surface area contributed by atoms with Crippen LogP contribution in [0.25, 0.3) is 0 Å². The SMILES string of the molecule is C[C@@H]1COC(C)(C)O[C@H]1C[C@@H]1CC(C#N)OC(C)(C)O1. The second kappa shape index (κ2) is 5.61. The summed E-state index contributed by atoms with van der Waals surface area (Å²) >= 11 is 0. The molecule has 0 aromatic carbocycles. The molecule has 2 rings (SSSR count). The van der Waals surface area contributed by atoms with Gasteiger partial charge in [-0.1, -0.05) is 6.92 Å². The van der Waals surface area contributed by atoms with Crippen molar-refractivity contribution in [2.24, 2.45) is 5.92 Å². The molecule has 0 saturated carbocycles. The van der Waals surface area contributed by atoms with Crippen molar-refractivity contribution in [3.8, 4) is 6.07 Å². The molecule has 114 valence electrons. The van der Waals surface area contributed by atoms with Crippen LogP contribution in [0.3, 0.4) is 0 Å². The second-order valence-corrected chi connectivity index (χ2v) is 6.69. The molecule has 2 aliphatic heterocycles. The van der Waals surface area contributed by atoms with E-state index in [4.69, 9.17) is 24.2 Å². The van der Waals surface area contributed by atoms with Gasteiger partial charge in [0.15, 0.2) is 11.6 Å². The highest BCUT2D eigenvalue weighted by Crippen LogP contribution is 2.34. The lowest BCUT2D eigenvalue weighted by atomic mass is 9.94. The fourth-order valence-corrected chi connectivity index (χ4v) is 2.82. The number of ether oxygens (including phenoxy) is 4. The molecule has 0 aromatic heterocycles. The van der Waals surface area contributed by atoms with Crippen molar-refractivity contribution in [3.05, 3.63) is 0 Å². The van der Waals surface area contributed by atoms with Gasteiger partial charge >= 0.3 is 0 Å². The summed E-state index contributed by atoms with van der Waals surface area (Å²) in [6.45, 7) is 10.4. The summed E-state index contributed by atoms with van der Waals surface area (Å²) in [5.41, 5.74) is 0. The summed E-state index contributed by atoms with van der Waals surface area (Å²) in [6, 6.07) is 2.19. The quantitative estimate of drug-likeness (QED) is 0.779. The highest BCUT2D eigenvalue weighted by molar-refractivity contribution is 4.92. The van der Waals surface area contributed by atoms with E-state index >= 15 is 0 Å². The Bertz CT molecular complexity index is 388. The molecule has 0 bridgehead atoms.